The molecule has 3 rings (SSSR count). The fourth-order valence-corrected chi connectivity index (χ4v) is 3.06. The van der Waals surface area contributed by atoms with E-state index in [9.17, 15) is 4.79 Å². The molecule has 4 nitrogen and oxygen atoms in total. The molecular formula is C15H21N3O. The number of rotatable bonds is 3. The fraction of sp³-hybridized carbons (Fsp3) is 0.533. The molecule has 4 heteroatoms. The van der Waals surface area contributed by atoms with Gasteiger partial charge in [0.05, 0.1) is 6.42 Å². The van der Waals surface area contributed by atoms with Gasteiger partial charge in [0.1, 0.15) is 0 Å². The minimum atomic E-state index is 0.219. The number of carbonyl (C=O) groups is 1. The summed E-state index contributed by atoms with van der Waals surface area (Å²) in [4.78, 5) is 14.1. The van der Waals surface area contributed by atoms with Gasteiger partial charge in [-0.1, -0.05) is 18.6 Å². The van der Waals surface area contributed by atoms with Crippen LogP contribution in [0.4, 0.5) is 5.69 Å². The molecule has 1 fully saturated rings. The average molecular weight is 259 g/mol. The van der Waals surface area contributed by atoms with Crippen LogP contribution < -0.4 is 16.0 Å². The number of anilines is 1. The molecule has 1 amide bonds. The molecule has 1 aromatic carbocycles. The molecule has 102 valence electrons. The first-order valence-corrected chi connectivity index (χ1v) is 7.13. The van der Waals surface area contributed by atoms with E-state index in [-0.39, 0.29) is 5.91 Å². The van der Waals surface area contributed by atoms with Crippen molar-refractivity contribution in [1.82, 2.24) is 5.32 Å². The number of piperidine rings is 1. The predicted octanol–water partition coefficient (Wildman–Crippen LogP) is 1.18. The predicted molar refractivity (Wildman–Crippen MR) is 76.0 cm³/mol. The third-order valence-corrected chi connectivity index (χ3v) is 4.13. The van der Waals surface area contributed by atoms with E-state index in [0.29, 0.717) is 19.0 Å². The number of amides is 1. The van der Waals surface area contributed by atoms with Gasteiger partial charge in [-0.25, -0.2) is 0 Å². The van der Waals surface area contributed by atoms with Crippen LogP contribution in [-0.4, -0.2) is 25.0 Å². The minimum absolute atomic E-state index is 0.219. The molecule has 0 bridgehead atoms. The number of fused-ring (bicyclic) bond motifs is 1. The Balaban J connectivity index is 1.78. The molecule has 1 atom stereocenters. The molecular weight excluding hydrogens is 238 g/mol. The summed E-state index contributed by atoms with van der Waals surface area (Å²) in [6.07, 6.45) is 4.20. The summed E-state index contributed by atoms with van der Waals surface area (Å²) in [6.45, 7) is 2.41. The second kappa shape index (κ2) is 5.31. The Labute approximate surface area is 114 Å². The maximum atomic E-state index is 12.2. The van der Waals surface area contributed by atoms with Gasteiger partial charge in [0, 0.05) is 24.8 Å². The van der Waals surface area contributed by atoms with Crippen molar-refractivity contribution >= 4 is 11.6 Å². The Hall–Kier alpha value is -1.39. The molecule has 2 aliphatic rings. The van der Waals surface area contributed by atoms with Gasteiger partial charge in [-0.2, -0.15) is 0 Å². The number of hydrogen-bond acceptors (Lipinski definition) is 3. The van der Waals surface area contributed by atoms with Crippen molar-refractivity contribution in [2.24, 2.45) is 5.73 Å². The first-order chi connectivity index (χ1) is 9.28. The molecule has 0 radical (unpaired) electrons. The lowest BCUT2D eigenvalue weighted by Crippen LogP contribution is -2.44. The highest BCUT2D eigenvalue weighted by Gasteiger charge is 2.29. The zero-order valence-electron chi connectivity index (χ0n) is 11.2. The highest BCUT2D eigenvalue weighted by atomic mass is 16.2. The number of hydrogen-bond donors (Lipinski definition) is 2. The highest BCUT2D eigenvalue weighted by molar-refractivity contribution is 6.01. The van der Waals surface area contributed by atoms with Gasteiger partial charge in [-0.3, -0.25) is 4.79 Å². The topological polar surface area (TPSA) is 58.4 Å². The lowest BCUT2D eigenvalue weighted by atomic mass is 10.0. The largest absolute Gasteiger partial charge is 0.326 e. The molecule has 1 aromatic rings. The fourth-order valence-electron chi connectivity index (χ4n) is 3.06. The quantitative estimate of drug-likeness (QED) is 0.857. The van der Waals surface area contributed by atoms with Crippen LogP contribution in [0.3, 0.4) is 0 Å². The monoisotopic (exact) mass is 259 g/mol. The Bertz CT molecular complexity index is 480. The molecule has 19 heavy (non-hydrogen) atoms. The minimum Gasteiger partial charge on any atom is -0.326 e. The van der Waals surface area contributed by atoms with Gasteiger partial charge < -0.3 is 16.0 Å². The van der Waals surface area contributed by atoms with Gasteiger partial charge in [-0.05, 0) is 36.6 Å². The Morgan fingerprint density at radius 2 is 2.26 bits per heavy atom. The van der Waals surface area contributed by atoms with Crippen molar-refractivity contribution in [3.63, 3.8) is 0 Å². The van der Waals surface area contributed by atoms with Gasteiger partial charge >= 0.3 is 0 Å². The number of nitrogens with two attached hydrogens (primary N) is 1. The van der Waals surface area contributed by atoms with Gasteiger partial charge in [0.25, 0.3) is 0 Å². The molecule has 3 N–H and O–H groups in total. The molecule has 0 aliphatic carbocycles. The lowest BCUT2D eigenvalue weighted by molar-refractivity contribution is -0.117. The summed E-state index contributed by atoms with van der Waals surface area (Å²) < 4.78 is 0. The van der Waals surface area contributed by atoms with E-state index in [0.717, 1.165) is 29.9 Å². The van der Waals surface area contributed by atoms with E-state index in [4.69, 9.17) is 5.73 Å². The standard InChI is InChI=1S/C15H21N3O/c16-9-11-4-5-14-12(7-11)8-15(19)18(14)10-13-3-1-2-6-17-13/h4-5,7,13,17H,1-3,6,8-10,16H2. The summed E-state index contributed by atoms with van der Waals surface area (Å²) in [5.74, 6) is 0.219. The van der Waals surface area contributed by atoms with Crippen LogP contribution in [0.2, 0.25) is 0 Å². The maximum absolute atomic E-state index is 12.2. The van der Waals surface area contributed by atoms with Crippen LogP contribution in [-0.2, 0) is 17.8 Å². The molecule has 1 unspecified atom stereocenters. The summed E-state index contributed by atoms with van der Waals surface area (Å²) in [7, 11) is 0. The van der Waals surface area contributed by atoms with Crippen molar-refractivity contribution in [1.29, 1.82) is 0 Å². The maximum Gasteiger partial charge on any atom is 0.231 e. The lowest BCUT2D eigenvalue weighted by Gasteiger charge is -2.28. The van der Waals surface area contributed by atoms with Gasteiger partial charge in [-0.15, -0.1) is 0 Å². The van der Waals surface area contributed by atoms with Crippen molar-refractivity contribution in [3.8, 4) is 0 Å². The van der Waals surface area contributed by atoms with Crippen LogP contribution in [0, 0.1) is 0 Å². The van der Waals surface area contributed by atoms with E-state index < -0.39 is 0 Å². The first-order valence-electron chi connectivity index (χ1n) is 7.13. The van der Waals surface area contributed by atoms with Crippen molar-refractivity contribution < 1.29 is 4.79 Å². The first kappa shape index (κ1) is 12.6. The zero-order valence-corrected chi connectivity index (χ0v) is 11.2. The third kappa shape index (κ3) is 2.51. The Kier molecular flexibility index (Phi) is 3.53. The van der Waals surface area contributed by atoms with E-state index in [1.807, 2.05) is 17.0 Å². The molecule has 0 spiro atoms. The van der Waals surface area contributed by atoms with Crippen molar-refractivity contribution in [2.75, 3.05) is 18.0 Å². The van der Waals surface area contributed by atoms with Crippen molar-refractivity contribution in [2.45, 2.75) is 38.3 Å². The van der Waals surface area contributed by atoms with Crippen LogP contribution >= 0.6 is 0 Å². The van der Waals surface area contributed by atoms with Crippen LogP contribution in [0.25, 0.3) is 0 Å². The highest BCUT2D eigenvalue weighted by Crippen LogP contribution is 2.30. The van der Waals surface area contributed by atoms with Gasteiger partial charge in [0.15, 0.2) is 0 Å². The average Bonchev–Trinajstić information content (AvgIpc) is 2.75. The Morgan fingerprint density at radius 1 is 1.37 bits per heavy atom. The summed E-state index contributed by atoms with van der Waals surface area (Å²) >= 11 is 0. The Morgan fingerprint density at radius 3 is 3.00 bits per heavy atom. The number of benzene rings is 1. The van der Waals surface area contributed by atoms with Crippen molar-refractivity contribution in [3.05, 3.63) is 29.3 Å². The van der Waals surface area contributed by atoms with E-state index in [1.165, 1.54) is 19.3 Å². The number of nitrogens with zero attached hydrogens (tertiary/aromatic N) is 1. The second-order valence-electron chi connectivity index (χ2n) is 5.50. The summed E-state index contributed by atoms with van der Waals surface area (Å²) in [5.41, 5.74) is 8.96. The van der Waals surface area contributed by atoms with Crippen LogP contribution in [0.1, 0.15) is 30.4 Å². The number of carbonyl (C=O) groups excluding carboxylic acids is 1. The zero-order chi connectivity index (χ0) is 13.2. The SMILES string of the molecule is NCc1ccc2c(c1)CC(=O)N2CC1CCCCN1. The van der Waals surface area contributed by atoms with Crippen LogP contribution in [0.5, 0.6) is 0 Å². The van der Waals surface area contributed by atoms with E-state index in [2.05, 4.69) is 11.4 Å². The second-order valence-corrected chi connectivity index (χ2v) is 5.50. The molecule has 2 aliphatic heterocycles. The van der Waals surface area contributed by atoms with Crippen LogP contribution in [0.15, 0.2) is 18.2 Å². The molecule has 1 saturated heterocycles. The molecule has 0 aromatic heterocycles. The van der Waals surface area contributed by atoms with E-state index >= 15 is 0 Å². The van der Waals surface area contributed by atoms with E-state index in [1.54, 1.807) is 0 Å². The van der Waals surface area contributed by atoms with Gasteiger partial charge in [0.2, 0.25) is 5.91 Å². The summed E-state index contributed by atoms with van der Waals surface area (Å²) in [5, 5.41) is 3.51. The molecule has 0 saturated carbocycles. The molecule has 2 heterocycles. The number of nitrogens with one attached hydrogen (secondary N) is 1. The smallest absolute Gasteiger partial charge is 0.231 e. The summed E-state index contributed by atoms with van der Waals surface area (Å²) in [6, 6.07) is 6.59. The normalized spacial score (nSPS) is 22.7. The third-order valence-electron chi connectivity index (χ3n) is 4.13.